The molecule has 1 aromatic heterocycles. The van der Waals surface area contributed by atoms with Gasteiger partial charge in [0, 0.05) is 24.8 Å². The Labute approximate surface area is 148 Å². The van der Waals surface area contributed by atoms with E-state index in [1.807, 2.05) is 13.0 Å². The molecule has 1 aliphatic heterocycles. The molecule has 126 valence electrons. The van der Waals surface area contributed by atoms with E-state index >= 15 is 0 Å². The molecule has 3 N–H and O–H groups in total. The third-order valence-electron chi connectivity index (χ3n) is 4.19. The Hall–Kier alpha value is -2.05. The molecule has 24 heavy (non-hydrogen) atoms. The maximum atomic E-state index is 5.70. The highest BCUT2D eigenvalue weighted by molar-refractivity contribution is 7.80. The van der Waals surface area contributed by atoms with Crippen LogP contribution in [0.1, 0.15) is 29.8 Å². The Bertz CT molecular complexity index is 704. The second kappa shape index (κ2) is 7.68. The van der Waals surface area contributed by atoms with Crippen LogP contribution in [-0.2, 0) is 6.54 Å². The molecular formula is C18H23N5S. The Morgan fingerprint density at radius 1 is 1.33 bits per heavy atom. The van der Waals surface area contributed by atoms with Crippen LogP contribution in [0.5, 0.6) is 0 Å². The first-order valence-corrected chi connectivity index (χ1v) is 8.69. The Morgan fingerprint density at radius 2 is 2.12 bits per heavy atom. The van der Waals surface area contributed by atoms with Gasteiger partial charge in [0.25, 0.3) is 0 Å². The van der Waals surface area contributed by atoms with Crippen LogP contribution in [-0.4, -0.2) is 39.0 Å². The molecule has 0 spiro atoms. The Kier molecular flexibility index (Phi) is 5.37. The molecule has 0 saturated carbocycles. The van der Waals surface area contributed by atoms with E-state index in [1.54, 1.807) is 0 Å². The number of anilines is 1. The van der Waals surface area contributed by atoms with Gasteiger partial charge in [-0.2, -0.15) is 0 Å². The maximum Gasteiger partial charge on any atom is 0.223 e. The van der Waals surface area contributed by atoms with Crippen molar-refractivity contribution in [1.29, 1.82) is 0 Å². The lowest BCUT2D eigenvalue weighted by molar-refractivity contribution is 0.208. The summed E-state index contributed by atoms with van der Waals surface area (Å²) >= 11 is 5.03. The van der Waals surface area contributed by atoms with Gasteiger partial charge in [-0.05, 0) is 37.9 Å². The fraction of sp³-hybridized carbons (Fsp3) is 0.389. The number of benzene rings is 1. The molecular weight excluding hydrogens is 318 g/mol. The van der Waals surface area contributed by atoms with E-state index < -0.39 is 0 Å². The summed E-state index contributed by atoms with van der Waals surface area (Å²) in [5, 5.41) is 3.45. The summed E-state index contributed by atoms with van der Waals surface area (Å²) in [6.07, 6.45) is 2.28. The van der Waals surface area contributed by atoms with Crippen LogP contribution in [0.15, 0.2) is 36.4 Å². The van der Waals surface area contributed by atoms with Crippen molar-refractivity contribution in [2.75, 3.05) is 18.4 Å². The molecule has 0 radical (unpaired) electrons. The quantitative estimate of drug-likeness (QED) is 0.815. The zero-order valence-corrected chi connectivity index (χ0v) is 14.7. The van der Waals surface area contributed by atoms with Gasteiger partial charge in [-0.3, -0.25) is 4.90 Å². The molecule has 0 amide bonds. The molecule has 1 fully saturated rings. The summed E-state index contributed by atoms with van der Waals surface area (Å²) < 4.78 is 0. The third kappa shape index (κ3) is 4.49. The van der Waals surface area contributed by atoms with Crippen molar-refractivity contribution >= 4 is 23.2 Å². The van der Waals surface area contributed by atoms with Crippen LogP contribution < -0.4 is 11.1 Å². The largest absolute Gasteiger partial charge is 0.388 e. The zero-order chi connectivity index (χ0) is 16.9. The second-order valence-electron chi connectivity index (χ2n) is 6.29. The van der Waals surface area contributed by atoms with Crippen molar-refractivity contribution in [3.8, 4) is 0 Å². The topological polar surface area (TPSA) is 67.1 Å². The summed E-state index contributed by atoms with van der Waals surface area (Å²) in [7, 11) is 0. The molecule has 0 aliphatic carbocycles. The fourth-order valence-corrected chi connectivity index (χ4v) is 3.21. The summed E-state index contributed by atoms with van der Waals surface area (Å²) in [5.74, 6) is 0.615. The molecule has 2 heterocycles. The van der Waals surface area contributed by atoms with E-state index in [0.29, 0.717) is 22.7 Å². The number of aromatic nitrogens is 2. The first kappa shape index (κ1) is 16.8. The standard InChI is InChI=1S/C18H23N5S/c1-13-10-16(17(19)24)22-18(20-13)21-15-8-5-9-23(12-15)11-14-6-3-2-4-7-14/h2-4,6-7,10,15H,5,8-9,11-12H2,1H3,(H2,19,24)(H,20,21,22). The third-order valence-corrected chi connectivity index (χ3v) is 4.40. The van der Waals surface area contributed by atoms with Gasteiger partial charge in [-0.15, -0.1) is 0 Å². The number of hydrogen-bond acceptors (Lipinski definition) is 5. The summed E-state index contributed by atoms with van der Waals surface area (Å²) in [5.41, 5.74) is 8.54. The highest BCUT2D eigenvalue weighted by atomic mass is 32.1. The average Bonchev–Trinajstić information content (AvgIpc) is 2.55. The fourth-order valence-electron chi connectivity index (χ4n) is 3.10. The van der Waals surface area contributed by atoms with Gasteiger partial charge < -0.3 is 11.1 Å². The first-order valence-electron chi connectivity index (χ1n) is 8.28. The van der Waals surface area contributed by atoms with Crippen molar-refractivity contribution in [3.63, 3.8) is 0 Å². The summed E-state index contributed by atoms with van der Waals surface area (Å²) in [6, 6.07) is 12.7. The van der Waals surface area contributed by atoms with Gasteiger partial charge in [0.15, 0.2) is 0 Å². The molecule has 1 saturated heterocycles. The van der Waals surface area contributed by atoms with Crippen LogP contribution in [0.25, 0.3) is 0 Å². The molecule has 5 nitrogen and oxygen atoms in total. The van der Waals surface area contributed by atoms with E-state index in [1.165, 1.54) is 12.0 Å². The van der Waals surface area contributed by atoms with Gasteiger partial charge in [0.05, 0.1) is 0 Å². The lowest BCUT2D eigenvalue weighted by Crippen LogP contribution is -2.42. The van der Waals surface area contributed by atoms with Gasteiger partial charge in [-0.1, -0.05) is 42.5 Å². The van der Waals surface area contributed by atoms with E-state index in [9.17, 15) is 0 Å². The Morgan fingerprint density at radius 3 is 2.88 bits per heavy atom. The molecule has 2 aromatic rings. The second-order valence-corrected chi connectivity index (χ2v) is 6.73. The van der Waals surface area contributed by atoms with Crippen molar-refractivity contribution < 1.29 is 0 Å². The number of nitrogens with one attached hydrogen (secondary N) is 1. The van der Waals surface area contributed by atoms with Crippen LogP contribution in [0.4, 0.5) is 5.95 Å². The highest BCUT2D eigenvalue weighted by Crippen LogP contribution is 2.17. The molecule has 0 bridgehead atoms. The lowest BCUT2D eigenvalue weighted by atomic mass is 10.0. The predicted octanol–water partition coefficient (Wildman–Crippen LogP) is 2.50. The monoisotopic (exact) mass is 341 g/mol. The molecule has 6 heteroatoms. The molecule has 1 aliphatic rings. The minimum absolute atomic E-state index is 0.304. The van der Waals surface area contributed by atoms with E-state index in [-0.39, 0.29) is 0 Å². The van der Waals surface area contributed by atoms with E-state index in [2.05, 4.69) is 50.5 Å². The van der Waals surface area contributed by atoms with Crippen molar-refractivity contribution in [1.82, 2.24) is 14.9 Å². The van der Waals surface area contributed by atoms with Crippen molar-refractivity contribution in [2.24, 2.45) is 5.73 Å². The van der Waals surface area contributed by atoms with E-state index in [4.69, 9.17) is 18.0 Å². The predicted molar refractivity (Wildman–Crippen MR) is 101 cm³/mol. The molecule has 1 aromatic carbocycles. The number of piperidine rings is 1. The number of thiocarbonyl (C=S) groups is 1. The van der Waals surface area contributed by atoms with Crippen molar-refractivity contribution in [2.45, 2.75) is 32.4 Å². The SMILES string of the molecule is Cc1cc(C(N)=S)nc(NC2CCCN(Cc3ccccc3)C2)n1. The van der Waals surface area contributed by atoms with Gasteiger partial charge >= 0.3 is 0 Å². The van der Waals surface area contributed by atoms with Crippen LogP contribution in [0.3, 0.4) is 0 Å². The number of rotatable bonds is 5. The number of nitrogens with two attached hydrogens (primary N) is 1. The Balaban J connectivity index is 1.64. The molecule has 3 rings (SSSR count). The smallest absolute Gasteiger partial charge is 0.223 e. The minimum Gasteiger partial charge on any atom is -0.388 e. The maximum absolute atomic E-state index is 5.70. The zero-order valence-electron chi connectivity index (χ0n) is 13.9. The highest BCUT2D eigenvalue weighted by Gasteiger charge is 2.20. The summed E-state index contributed by atoms with van der Waals surface area (Å²) in [4.78, 5) is 11.7. The average molecular weight is 341 g/mol. The van der Waals surface area contributed by atoms with E-state index in [0.717, 1.165) is 31.7 Å². The number of nitrogens with zero attached hydrogens (tertiary/aromatic N) is 3. The lowest BCUT2D eigenvalue weighted by Gasteiger charge is -2.33. The van der Waals surface area contributed by atoms with Gasteiger partial charge in [0.2, 0.25) is 5.95 Å². The molecule has 1 unspecified atom stereocenters. The first-order chi connectivity index (χ1) is 11.6. The van der Waals surface area contributed by atoms with Crippen LogP contribution >= 0.6 is 12.2 Å². The van der Waals surface area contributed by atoms with Gasteiger partial charge in [-0.25, -0.2) is 9.97 Å². The van der Waals surface area contributed by atoms with Gasteiger partial charge in [0.1, 0.15) is 10.7 Å². The van der Waals surface area contributed by atoms with Crippen LogP contribution in [0, 0.1) is 6.92 Å². The number of aryl methyl sites for hydroxylation is 1. The summed E-state index contributed by atoms with van der Waals surface area (Å²) in [6.45, 7) is 5.01. The molecule has 1 atom stereocenters. The number of hydrogen-bond donors (Lipinski definition) is 2. The normalized spacial score (nSPS) is 18.3. The minimum atomic E-state index is 0.304. The van der Waals surface area contributed by atoms with Crippen LogP contribution in [0.2, 0.25) is 0 Å². The number of likely N-dealkylation sites (tertiary alicyclic amines) is 1. The van der Waals surface area contributed by atoms with Crippen molar-refractivity contribution in [3.05, 3.63) is 53.3 Å².